The highest BCUT2D eigenvalue weighted by Crippen LogP contribution is 2.32. The van der Waals surface area contributed by atoms with Gasteiger partial charge < -0.3 is 20.1 Å². The summed E-state index contributed by atoms with van der Waals surface area (Å²) in [5.74, 6) is -0.267. The Labute approximate surface area is 175 Å². The van der Waals surface area contributed by atoms with Gasteiger partial charge in [-0.2, -0.15) is 0 Å². The van der Waals surface area contributed by atoms with Crippen LogP contribution in [-0.4, -0.2) is 28.1 Å². The lowest BCUT2D eigenvalue weighted by Gasteiger charge is -2.26. The molecule has 2 unspecified atom stereocenters. The molecule has 1 heterocycles. The summed E-state index contributed by atoms with van der Waals surface area (Å²) in [4.78, 5) is 27.3. The number of aryl methyl sites for hydroxylation is 1. The van der Waals surface area contributed by atoms with Crippen molar-refractivity contribution in [2.75, 3.05) is 0 Å². The number of nitrogens with one attached hydrogen (secondary N) is 2. The van der Waals surface area contributed by atoms with Gasteiger partial charge in [0.1, 0.15) is 0 Å². The number of carbonyl (C=O) groups excluding carboxylic acids is 1. The number of aromatic amines is 1. The zero-order valence-electron chi connectivity index (χ0n) is 17.7. The van der Waals surface area contributed by atoms with E-state index in [0.717, 1.165) is 12.0 Å². The predicted octanol–water partition coefficient (Wildman–Crippen LogP) is 3.87. The standard InChI is InChI=1S/C24H28N2O4/c1-5-19(25-14(2)3)23(28)18-10-12-20(22-17(18)11-13-21(27)26-22)30-24(29)16-8-6-15(4)7-9-16/h6-14,19,23,25,28H,5H2,1-4H3,(H,26,27). The van der Waals surface area contributed by atoms with Crippen LogP contribution in [-0.2, 0) is 0 Å². The minimum absolute atomic E-state index is 0.152. The fourth-order valence-corrected chi connectivity index (χ4v) is 3.52. The Morgan fingerprint density at radius 3 is 2.43 bits per heavy atom. The molecule has 30 heavy (non-hydrogen) atoms. The van der Waals surface area contributed by atoms with Crippen LogP contribution >= 0.6 is 0 Å². The number of pyridine rings is 1. The number of aliphatic hydroxyl groups is 1. The van der Waals surface area contributed by atoms with Gasteiger partial charge in [0.15, 0.2) is 5.75 Å². The van der Waals surface area contributed by atoms with Gasteiger partial charge in [0.25, 0.3) is 0 Å². The van der Waals surface area contributed by atoms with Crippen molar-refractivity contribution in [3.8, 4) is 5.75 Å². The summed E-state index contributed by atoms with van der Waals surface area (Å²) >= 11 is 0. The molecule has 0 spiro atoms. The van der Waals surface area contributed by atoms with Crippen molar-refractivity contribution in [3.63, 3.8) is 0 Å². The highest BCUT2D eigenvalue weighted by Gasteiger charge is 2.23. The molecule has 3 rings (SSSR count). The maximum Gasteiger partial charge on any atom is 0.343 e. The molecule has 2 aromatic carbocycles. The summed E-state index contributed by atoms with van der Waals surface area (Å²) in [6.45, 7) is 8.00. The van der Waals surface area contributed by atoms with E-state index in [1.807, 2.05) is 39.8 Å². The van der Waals surface area contributed by atoms with Crippen molar-refractivity contribution < 1.29 is 14.6 Å². The van der Waals surface area contributed by atoms with Crippen LogP contribution in [0.3, 0.4) is 0 Å². The lowest BCUT2D eigenvalue weighted by atomic mass is 9.95. The second kappa shape index (κ2) is 9.24. The number of fused-ring (bicyclic) bond motifs is 1. The van der Waals surface area contributed by atoms with Crippen molar-refractivity contribution in [2.45, 2.75) is 52.3 Å². The van der Waals surface area contributed by atoms with Crippen molar-refractivity contribution in [3.05, 3.63) is 75.6 Å². The quantitative estimate of drug-likeness (QED) is 0.408. The second-order valence-electron chi connectivity index (χ2n) is 7.80. The first-order valence-corrected chi connectivity index (χ1v) is 10.2. The van der Waals surface area contributed by atoms with Crippen molar-refractivity contribution in [1.29, 1.82) is 0 Å². The molecule has 1 aromatic heterocycles. The third-order valence-electron chi connectivity index (χ3n) is 5.07. The molecule has 3 N–H and O–H groups in total. The topological polar surface area (TPSA) is 91.4 Å². The van der Waals surface area contributed by atoms with Crippen molar-refractivity contribution in [2.24, 2.45) is 0 Å². The number of ether oxygens (including phenoxy) is 1. The molecular weight excluding hydrogens is 380 g/mol. The number of hydrogen-bond acceptors (Lipinski definition) is 5. The summed E-state index contributed by atoms with van der Waals surface area (Å²) in [5.41, 5.74) is 2.20. The molecule has 6 heteroatoms. The molecule has 0 bridgehead atoms. The monoisotopic (exact) mass is 408 g/mol. The zero-order chi connectivity index (χ0) is 21.8. The minimum Gasteiger partial charge on any atom is -0.421 e. The van der Waals surface area contributed by atoms with Crippen LogP contribution in [0.5, 0.6) is 5.75 Å². The molecule has 0 saturated carbocycles. The molecule has 158 valence electrons. The Morgan fingerprint density at radius 2 is 1.80 bits per heavy atom. The van der Waals surface area contributed by atoms with E-state index in [9.17, 15) is 14.7 Å². The Bertz CT molecular complexity index is 1090. The fraction of sp³-hybridized carbons (Fsp3) is 0.333. The number of benzene rings is 2. The number of aliphatic hydroxyl groups excluding tert-OH is 1. The molecule has 0 saturated heterocycles. The van der Waals surface area contributed by atoms with E-state index in [4.69, 9.17) is 4.74 Å². The van der Waals surface area contributed by atoms with E-state index in [1.165, 1.54) is 6.07 Å². The first-order chi connectivity index (χ1) is 14.3. The number of H-pyrrole nitrogens is 1. The summed E-state index contributed by atoms with van der Waals surface area (Å²) in [6.07, 6.45) is -0.0541. The van der Waals surface area contributed by atoms with Gasteiger partial charge in [-0.05, 0) is 43.2 Å². The van der Waals surface area contributed by atoms with Gasteiger partial charge in [-0.15, -0.1) is 0 Å². The van der Waals surface area contributed by atoms with Crippen LogP contribution < -0.4 is 15.6 Å². The van der Waals surface area contributed by atoms with Gasteiger partial charge in [-0.1, -0.05) is 44.5 Å². The predicted molar refractivity (Wildman–Crippen MR) is 118 cm³/mol. The summed E-state index contributed by atoms with van der Waals surface area (Å²) in [5, 5.41) is 15.0. The molecule has 0 fully saturated rings. The molecule has 0 radical (unpaired) electrons. The van der Waals surface area contributed by atoms with Crippen LogP contribution in [0, 0.1) is 6.92 Å². The summed E-state index contributed by atoms with van der Waals surface area (Å²) < 4.78 is 5.59. The largest absolute Gasteiger partial charge is 0.421 e. The molecule has 6 nitrogen and oxygen atoms in total. The van der Waals surface area contributed by atoms with Gasteiger partial charge in [0.05, 0.1) is 17.2 Å². The summed E-state index contributed by atoms with van der Waals surface area (Å²) in [6, 6.07) is 13.5. The Morgan fingerprint density at radius 1 is 1.10 bits per heavy atom. The molecule has 2 atom stereocenters. The van der Waals surface area contributed by atoms with E-state index in [2.05, 4.69) is 10.3 Å². The Balaban J connectivity index is 2.01. The second-order valence-corrected chi connectivity index (χ2v) is 7.80. The zero-order valence-corrected chi connectivity index (χ0v) is 17.7. The average Bonchev–Trinajstić information content (AvgIpc) is 2.72. The van der Waals surface area contributed by atoms with E-state index >= 15 is 0 Å². The number of esters is 1. The molecule has 0 aliphatic heterocycles. The van der Waals surface area contributed by atoms with Crippen molar-refractivity contribution in [1.82, 2.24) is 10.3 Å². The number of carbonyl (C=O) groups is 1. The Hall–Kier alpha value is -2.96. The Kier molecular flexibility index (Phi) is 6.70. The van der Waals surface area contributed by atoms with Crippen molar-refractivity contribution >= 4 is 16.9 Å². The van der Waals surface area contributed by atoms with Gasteiger partial charge >= 0.3 is 5.97 Å². The normalized spacial score (nSPS) is 13.4. The van der Waals surface area contributed by atoms with E-state index in [-0.39, 0.29) is 23.4 Å². The number of aromatic nitrogens is 1. The lowest BCUT2D eigenvalue weighted by Crippen LogP contribution is -2.39. The third kappa shape index (κ3) is 4.78. The van der Waals surface area contributed by atoms with E-state index in [1.54, 1.807) is 30.3 Å². The fourth-order valence-electron chi connectivity index (χ4n) is 3.52. The summed E-state index contributed by atoms with van der Waals surface area (Å²) in [7, 11) is 0. The van der Waals surface area contributed by atoms with Crippen LogP contribution in [0.4, 0.5) is 0 Å². The maximum atomic E-state index is 12.6. The van der Waals surface area contributed by atoms with Crippen LogP contribution in [0.25, 0.3) is 10.9 Å². The van der Waals surface area contributed by atoms with E-state index in [0.29, 0.717) is 22.0 Å². The lowest BCUT2D eigenvalue weighted by molar-refractivity contribution is 0.0736. The minimum atomic E-state index is -0.785. The maximum absolute atomic E-state index is 12.6. The molecule has 3 aromatic rings. The SMILES string of the molecule is CCC(NC(C)C)C(O)c1ccc(OC(=O)c2ccc(C)cc2)c2[nH]c(=O)ccc12. The number of hydrogen-bond donors (Lipinski definition) is 3. The average molecular weight is 408 g/mol. The molecule has 0 aliphatic rings. The van der Waals surface area contributed by atoms with Gasteiger partial charge in [0, 0.05) is 23.5 Å². The van der Waals surface area contributed by atoms with Crippen LogP contribution in [0.2, 0.25) is 0 Å². The van der Waals surface area contributed by atoms with Gasteiger partial charge in [-0.3, -0.25) is 4.79 Å². The van der Waals surface area contributed by atoms with E-state index < -0.39 is 12.1 Å². The van der Waals surface area contributed by atoms with Crippen LogP contribution in [0.1, 0.15) is 54.8 Å². The van der Waals surface area contributed by atoms with Crippen LogP contribution in [0.15, 0.2) is 53.3 Å². The highest BCUT2D eigenvalue weighted by atomic mass is 16.5. The first-order valence-electron chi connectivity index (χ1n) is 10.2. The first kappa shape index (κ1) is 21.7. The highest BCUT2D eigenvalue weighted by molar-refractivity contribution is 5.95. The molecule has 0 aliphatic carbocycles. The number of rotatable bonds is 7. The smallest absolute Gasteiger partial charge is 0.343 e. The molecular formula is C24H28N2O4. The van der Waals surface area contributed by atoms with Gasteiger partial charge in [-0.25, -0.2) is 4.79 Å². The molecule has 0 amide bonds. The third-order valence-corrected chi connectivity index (χ3v) is 5.07. The van der Waals surface area contributed by atoms with Gasteiger partial charge in [0.2, 0.25) is 5.56 Å².